The first-order valence-electron chi connectivity index (χ1n) is 12.2. The van der Waals surface area contributed by atoms with Crippen molar-refractivity contribution in [2.75, 3.05) is 5.73 Å². The standard InChI is InChI=1S/C29H25N7O/c30-26-23(9-5-17-32-26)27-35-25-15-14-24(20-8-4-16-31-18-20)34-28(25)36(27)22-12-10-21(11-13-22)33-29(37)19-6-2-1-3-7-19/h1-6,8-10,12,14-19H,7,11,13H2,(H2,30,32)(H,33,37). The van der Waals surface area contributed by atoms with Crippen molar-refractivity contribution in [2.45, 2.75) is 19.3 Å². The van der Waals surface area contributed by atoms with Gasteiger partial charge in [0.05, 0.1) is 17.2 Å². The third-order valence-corrected chi connectivity index (χ3v) is 6.56. The van der Waals surface area contributed by atoms with Gasteiger partial charge in [-0.15, -0.1) is 0 Å². The van der Waals surface area contributed by atoms with Crippen LogP contribution in [-0.2, 0) is 4.79 Å². The van der Waals surface area contributed by atoms with Crippen LogP contribution in [0.2, 0.25) is 0 Å². The quantitative estimate of drug-likeness (QED) is 0.414. The van der Waals surface area contributed by atoms with Crippen LogP contribution in [0.1, 0.15) is 19.3 Å². The molecule has 0 aromatic carbocycles. The summed E-state index contributed by atoms with van der Waals surface area (Å²) in [5.74, 6) is 0.969. The van der Waals surface area contributed by atoms with E-state index < -0.39 is 0 Å². The molecule has 2 aliphatic rings. The zero-order valence-electron chi connectivity index (χ0n) is 20.1. The lowest BCUT2D eigenvalue weighted by molar-refractivity contribution is -0.122. The molecule has 4 aromatic rings. The van der Waals surface area contributed by atoms with Gasteiger partial charge in [-0.25, -0.2) is 15.0 Å². The van der Waals surface area contributed by atoms with Gasteiger partial charge >= 0.3 is 0 Å². The summed E-state index contributed by atoms with van der Waals surface area (Å²) in [6, 6.07) is 11.6. The van der Waals surface area contributed by atoms with Crippen LogP contribution in [0.25, 0.3) is 39.5 Å². The Morgan fingerprint density at radius 1 is 1.03 bits per heavy atom. The second kappa shape index (κ2) is 9.66. The first-order chi connectivity index (χ1) is 18.2. The minimum atomic E-state index is -0.135. The van der Waals surface area contributed by atoms with E-state index in [0.717, 1.165) is 45.8 Å². The van der Waals surface area contributed by atoms with E-state index in [-0.39, 0.29) is 11.8 Å². The predicted octanol–water partition coefficient (Wildman–Crippen LogP) is 4.90. The lowest BCUT2D eigenvalue weighted by Crippen LogP contribution is -2.30. The molecule has 8 heteroatoms. The molecule has 8 nitrogen and oxygen atoms in total. The maximum atomic E-state index is 12.7. The van der Waals surface area contributed by atoms with Crippen LogP contribution >= 0.6 is 0 Å². The Bertz CT molecular complexity index is 1610. The lowest BCUT2D eigenvalue weighted by Gasteiger charge is -2.20. The SMILES string of the molecule is Nc1ncccc1-c1nc2ccc(-c3cccnc3)nc2n1C1=CC=C(NC(=O)C2C=CC=CC2)CC1. The molecule has 1 amide bonds. The van der Waals surface area contributed by atoms with Gasteiger partial charge in [-0.1, -0.05) is 24.3 Å². The maximum Gasteiger partial charge on any atom is 0.231 e. The van der Waals surface area contributed by atoms with Crippen LogP contribution in [0.15, 0.2) is 97.1 Å². The number of nitrogens with two attached hydrogens (primary N) is 1. The largest absolute Gasteiger partial charge is 0.383 e. The smallest absolute Gasteiger partial charge is 0.231 e. The fraction of sp³-hybridized carbons (Fsp3) is 0.138. The van der Waals surface area contributed by atoms with Gasteiger partial charge in [-0.05, 0) is 67.8 Å². The number of nitrogens with zero attached hydrogens (tertiary/aromatic N) is 5. The highest BCUT2D eigenvalue weighted by Crippen LogP contribution is 2.34. The Hall–Kier alpha value is -4.85. The minimum Gasteiger partial charge on any atom is -0.383 e. The predicted molar refractivity (Wildman–Crippen MR) is 145 cm³/mol. The molecule has 6 rings (SSSR count). The van der Waals surface area contributed by atoms with Crippen molar-refractivity contribution in [1.29, 1.82) is 0 Å². The molecule has 3 N–H and O–H groups in total. The van der Waals surface area contributed by atoms with Crippen LogP contribution in [0.5, 0.6) is 0 Å². The average molecular weight is 488 g/mol. The third kappa shape index (κ3) is 4.45. The molecular formula is C29H25N7O. The Morgan fingerprint density at radius 3 is 2.70 bits per heavy atom. The van der Waals surface area contributed by atoms with Gasteiger partial charge in [0.15, 0.2) is 5.65 Å². The molecule has 1 atom stereocenters. The summed E-state index contributed by atoms with van der Waals surface area (Å²) in [6.45, 7) is 0. The minimum absolute atomic E-state index is 0.0170. The van der Waals surface area contributed by atoms with E-state index in [0.29, 0.717) is 24.5 Å². The second-order valence-corrected chi connectivity index (χ2v) is 8.98. The number of carbonyl (C=O) groups is 1. The van der Waals surface area contributed by atoms with Crippen LogP contribution in [0, 0.1) is 5.92 Å². The fourth-order valence-electron chi connectivity index (χ4n) is 4.63. The monoisotopic (exact) mass is 487 g/mol. The van der Waals surface area contributed by atoms with E-state index in [1.54, 1.807) is 18.6 Å². The lowest BCUT2D eigenvalue weighted by atomic mass is 9.99. The number of aromatic nitrogens is 5. The third-order valence-electron chi connectivity index (χ3n) is 6.56. The van der Waals surface area contributed by atoms with Gasteiger partial charge in [0.25, 0.3) is 0 Å². The highest BCUT2D eigenvalue weighted by atomic mass is 16.1. The summed E-state index contributed by atoms with van der Waals surface area (Å²) in [5, 5.41) is 3.09. The summed E-state index contributed by atoms with van der Waals surface area (Å²) < 4.78 is 2.05. The van der Waals surface area contributed by atoms with Crippen LogP contribution in [-0.4, -0.2) is 30.4 Å². The average Bonchev–Trinajstić information content (AvgIpc) is 3.33. The highest BCUT2D eigenvalue weighted by Gasteiger charge is 2.22. The molecule has 0 radical (unpaired) electrons. The number of nitrogens with one attached hydrogen (secondary N) is 1. The number of imidazole rings is 1. The molecule has 37 heavy (non-hydrogen) atoms. The summed E-state index contributed by atoms with van der Waals surface area (Å²) in [7, 11) is 0. The Balaban J connectivity index is 1.42. The number of nitrogen functional groups attached to an aromatic ring is 1. The number of rotatable bonds is 5. The van der Waals surface area contributed by atoms with Crippen molar-refractivity contribution in [3.63, 3.8) is 0 Å². The zero-order chi connectivity index (χ0) is 25.2. The van der Waals surface area contributed by atoms with Gasteiger partial charge in [-0.2, -0.15) is 0 Å². The van der Waals surface area contributed by atoms with E-state index >= 15 is 0 Å². The topological polar surface area (TPSA) is 112 Å². The first-order valence-corrected chi connectivity index (χ1v) is 12.2. The molecule has 4 aromatic heterocycles. The van der Waals surface area contributed by atoms with E-state index in [1.807, 2.05) is 77.4 Å². The van der Waals surface area contributed by atoms with Crippen LogP contribution < -0.4 is 11.1 Å². The van der Waals surface area contributed by atoms with Crippen molar-refractivity contribution in [1.82, 2.24) is 29.8 Å². The Kier molecular flexibility index (Phi) is 5.90. The molecule has 4 heterocycles. The molecule has 0 fully saturated rings. The van der Waals surface area contributed by atoms with Crippen molar-refractivity contribution in [3.05, 3.63) is 97.1 Å². The molecule has 0 saturated carbocycles. The van der Waals surface area contributed by atoms with Gasteiger partial charge in [-0.3, -0.25) is 14.3 Å². The number of amides is 1. The normalized spacial score (nSPS) is 16.9. The number of anilines is 1. The Morgan fingerprint density at radius 2 is 1.95 bits per heavy atom. The van der Waals surface area contributed by atoms with Gasteiger partial charge < -0.3 is 11.1 Å². The summed E-state index contributed by atoms with van der Waals surface area (Å²) in [4.78, 5) is 31.1. The summed E-state index contributed by atoms with van der Waals surface area (Å²) >= 11 is 0. The van der Waals surface area contributed by atoms with E-state index in [4.69, 9.17) is 15.7 Å². The van der Waals surface area contributed by atoms with Gasteiger partial charge in [0.2, 0.25) is 5.91 Å². The number of pyridine rings is 3. The molecule has 1 unspecified atom stereocenters. The molecule has 2 aliphatic carbocycles. The van der Waals surface area contributed by atoms with E-state index in [2.05, 4.69) is 15.3 Å². The van der Waals surface area contributed by atoms with E-state index in [9.17, 15) is 4.79 Å². The molecule has 0 aliphatic heterocycles. The fourth-order valence-corrected chi connectivity index (χ4v) is 4.63. The van der Waals surface area contributed by atoms with Crippen molar-refractivity contribution in [2.24, 2.45) is 5.92 Å². The maximum absolute atomic E-state index is 12.7. The van der Waals surface area contributed by atoms with Crippen LogP contribution in [0.4, 0.5) is 5.82 Å². The number of carbonyl (C=O) groups excluding carboxylic acids is 1. The van der Waals surface area contributed by atoms with Gasteiger partial charge in [0.1, 0.15) is 17.2 Å². The molecule has 0 spiro atoms. The van der Waals surface area contributed by atoms with Crippen molar-refractivity contribution >= 4 is 28.6 Å². The van der Waals surface area contributed by atoms with Crippen molar-refractivity contribution < 1.29 is 4.79 Å². The molecule has 0 bridgehead atoms. The number of fused-ring (bicyclic) bond motifs is 1. The second-order valence-electron chi connectivity index (χ2n) is 8.98. The molecular weight excluding hydrogens is 462 g/mol. The highest BCUT2D eigenvalue weighted by molar-refractivity contribution is 5.87. The first kappa shape index (κ1) is 22.6. The molecule has 182 valence electrons. The Labute approximate surface area is 214 Å². The summed E-state index contributed by atoms with van der Waals surface area (Å²) in [6.07, 6.45) is 19.1. The van der Waals surface area contributed by atoms with Crippen LogP contribution in [0.3, 0.4) is 0 Å². The number of allylic oxidation sites excluding steroid dienone is 7. The zero-order valence-corrected chi connectivity index (χ0v) is 20.1. The summed E-state index contributed by atoms with van der Waals surface area (Å²) in [5.41, 5.74) is 12.1. The van der Waals surface area contributed by atoms with Crippen molar-refractivity contribution in [3.8, 4) is 22.6 Å². The van der Waals surface area contributed by atoms with E-state index in [1.165, 1.54) is 0 Å². The molecule has 0 saturated heterocycles. The number of hydrogen-bond donors (Lipinski definition) is 2. The van der Waals surface area contributed by atoms with Gasteiger partial charge in [0, 0.05) is 35.5 Å². The number of hydrogen-bond acceptors (Lipinski definition) is 6.